The van der Waals surface area contributed by atoms with Crippen molar-refractivity contribution in [2.24, 2.45) is 0 Å². The number of fused-ring (bicyclic) bond motifs is 4. The van der Waals surface area contributed by atoms with Crippen molar-refractivity contribution in [3.63, 3.8) is 0 Å². The third kappa shape index (κ3) is 2.79. The summed E-state index contributed by atoms with van der Waals surface area (Å²) in [5.41, 5.74) is 4.11. The first kappa shape index (κ1) is 17.8. The van der Waals surface area contributed by atoms with Gasteiger partial charge in [0.15, 0.2) is 0 Å². The number of aromatic nitrogens is 2. The molecule has 0 N–H and O–H groups in total. The van der Waals surface area contributed by atoms with E-state index in [2.05, 4.69) is 27.5 Å². The summed E-state index contributed by atoms with van der Waals surface area (Å²) < 4.78 is 2.61. The molecule has 6 heteroatoms. The van der Waals surface area contributed by atoms with E-state index in [-0.39, 0.29) is 11.5 Å². The molecule has 3 heterocycles. The number of rotatable bonds is 2. The molecule has 0 fully saturated rings. The Bertz CT molecular complexity index is 1390. The molecule has 0 saturated heterocycles. The van der Waals surface area contributed by atoms with E-state index in [9.17, 15) is 9.59 Å². The van der Waals surface area contributed by atoms with E-state index < -0.39 is 0 Å². The summed E-state index contributed by atoms with van der Waals surface area (Å²) in [6.45, 7) is 4.22. The summed E-state index contributed by atoms with van der Waals surface area (Å²) in [4.78, 5) is 31.4. The molecule has 2 aromatic carbocycles. The average Bonchev–Trinajstić information content (AvgIpc) is 3.16. The van der Waals surface area contributed by atoms with E-state index in [1.165, 1.54) is 6.08 Å². The topological polar surface area (TPSA) is 55.2 Å². The standard InChI is InChI=1S/C23H16BrN3O2/c1-2-21(28)26-10-9-14-3-6-17(12-20(14)26)27-22(29)8-4-15-13-25-19-7-5-16(24)11-18(19)23(15)27/h2-8,11-13H,1,9-10H2. The summed E-state index contributed by atoms with van der Waals surface area (Å²) in [6.07, 6.45) is 3.89. The molecule has 142 valence electrons. The zero-order valence-corrected chi connectivity index (χ0v) is 17.0. The van der Waals surface area contributed by atoms with Crippen molar-refractivity contribution in [2.45, 2.75) is 6.42 Å². The van der Waals surface area contributed by atoms with Crippen LogP contribution in [0.25, 0.3) is 27.5 Å². The van der Waals surface area contributed by atoms with E-state index in [4.69, 9.17) is 0 Å². The molecule has 4 aromatic rings. The number of nitrogens with zero attached hydrogens (tertiary/aromatic N) is 3. The lowest BCUT2D eigenvalue weighted by Gasteiger charge is -2.17. The Morgan fingerprint density at radius 2 is 2.00 bits per heavy atom. The van der Waals surface area contributed by atoms with Crippen molar-refractivity contribution in [3.8, 4) is 5.69 Å². The fourth-order valence-electron chi connectivity index (χ4n) is 3.99. The maximum Gasteiger partial charge on any atom is 0.255 e. The van der Waals surface area contributed by atoms with Crippen molar-refractivity contribution in [1.29, 1.82) is 0 Å². The number of hydrogen-bond acceptors (Lipinski definition) is 3. The number of pyridine rings is 2. The predicted molar refractivity (Wildman–Crippen MR) is 119 cm³/mol. The van der Waals surface area contributed by atoms with Crippen molar-refractivity contribution >= 4 is 49.3 Å². The summed E-state index contributed by atoms with van der Waals surface area (Å²) in [7, 11) is 0. The number of halogens is 1. The van der Waals surface area contributed by atoms with Gasteiger partial charge >= 0.3 is 0 Å². The summed E-state index contributed by atoms with van der Waals surface area (Å²) in [5, 5.41) is 1.75. The van der Waals surface area contributed by atoms with Gasteiger partial charge in [-0.15, -0.1) is 0 Å². The van der Waals surface area contributed by atoms with Gasteiger partial charge in [0.2, 0.25) is 5.91 Å². The molecule has 0 aliphatic carbocycles. The van der Waals surface area contributed by atoms with E-state index >= 15 is 0 Å². The quantitative estimate of drug-likeness (QED) is 0.339. The van der Waals surface area contributed by atoms with Crippen molar-refractivity contribution in [1.82, 2.24) is 9.55 Å². The van der Waals surface area contributed by atoms with Crippen LogP contribution in [-0.4, -0.2) is 22.0 Å². The molecule has 2 aromatic heterocycles. The van der Waals surface area contributed by atoms with Crippen LogP contribution in [-0.2, 0) is 11.2 Å². The van der Waals surface area contributed by atoms with Gasteiger partial charge < -0.3 is 4.90 Å². The summed E-state index contributed by atoms with van der Waals surface area (Å²) in [5.74, 6) is -0.134. The van der Waals surface area contributed by atoms with Crippen LogP contribution in [0.15, 0.2) is 76.6 Å². The fraction of sp³-hybridized carbons (Fsp3) is 0.0870. The van der Waals surface area contributed by atoms with Gasteiger partial charge in [-0.05, 0) is 54.5 Å². The van der Waals surface area contributed by atoms with E-state index in [1.807, 2.05) is 36.4 Å². The predicted octanol–water partition coefficient (Wildman–Crippen LogP) is 4.38. The molecule has 0 bridgehead atoms. The Balaban J connectivity index is 1.83. The number of amides is 1. The molecule has 1 aliphatic heterocycles. The van der Waals surface area contributed by atoms with E-state index in [0.29, 0.717) is 6.54 Å². The van der Waals surface area contributed by atoms with Gasteiger partial charge in [0.1, 0.15) is 0 Å². The Morgan fingerprint density at radius 3 is 2.83 bits per heavy atom. The smallest absolute Gasteiger partial charge is 0.255 e. The number of anilines is 1. The molecule has 0 unspecified atom stereocenters. The zero-order chi connectivity index (χ0) is 20.1. The average molecular weight is 446 g/mol. The van der Waals surface area contributed by atoms with Gasteiger partial charge in [-0.1, -0.05) is 28.6 Å². The first-order chi connectivity index (χ1) is 14.1. The van der Waals surface area contributed by atoms with Crippen LogP contribution in [0.2, 0.25) is 0 Å². The highest BCUT2D eigenvalue weighted by atomic mass is 79.9. The summed E-state index contributed by atoms with van der Waals surface area (Å²) in [6, 6.07) is 15.0. The monoisotopic (exact) mass is 445 g/mol. The van der Waals surface area contributed by atoms with Crippen LogP contribution in [0.5, 0.6) is 0 Å². The minimum absolute atomic E-state index is 0.134. The van der Waals surface area contributed by atoms with Crippen molar-refractivity contribution in [3.05, 3.63) is 87.8 Å². The lowest BCUT2D eigenvalue weighted by molar-refractivity contribution is -0.114. The lowest BCUT2D eigenvalue weighted by atomic mass is 10.1. The number of benzene rings is 2. The first-order valence-corrected chi connectivity index (χ1v) is 10.0. The van der Waals surface area contributed by atoms with Crippen LogP contribution in [0.1, 0.15) is 5.56 Å². The highest BCUT2D eigenvalue weighted by molar-refractivity contribution is 9.10. The molecule has 0 spiro atoms. The number of carbonyl (C=O) groups excluding carboxylic acids is 1. The molecular formula is C23H16BrN3O2. The molecule has 29 heavy (non-hydrogen) atoms. The van der Waals surface area contributed by atoms with Gasteiger partial charge in [-0.25, -0.2) is 0 Å². The molecule has 0 radical (unpaired) electrons. The molecule has 1 amide bonds. The highest BCUT2D eigenvalue weighted by Gasteiger charge is 2.24. The maximum absolute atomic E-state index is 13.0. The summed E-state index contributed by atoms with van der Waals surface area (Å²) >= 11 is 3.52. The molecule has 0 atom stereocenters. The lowest BCUT2D eigenvalue weighted by Crippen LogP contribution is -2.27. The Morgan fingerprint density at radius 1 is 1.14 bits per heavy atom. The first-order valence-electron chi connectivity index (χ1n) is 9.24. The second-order valence-corrected chi connectivity index (χ2v) is 7.90. The van der Waals surface area contributed by atoms with Crippen LogP contribution in [0.4, 0.5) is 5.69 Å². The van der Waals surface area contributed by atoms with Gasteiger partial charge in [0.25, 0.3) is 5.56 Å². The third-order valence-corrected chi connectivity index (χ3v) is 5.84. The maximum atomic E-state index is 13.0. The van der Waals surface area contributed by atoms with Crippen LogP contribution < -0.4 is 10.5 Å². The Hall–Kier alpha value is -3.25. The third-order valence-electron chi connectivity index (χ3n) is 5.34. The molecule has 0 saturated carbocycles. The zero-order valence-electron chi connectivity index (χ0n) is 15.4. The minimum Gasteiger partial charge on any atom is -0.308 e. The molecule has 5 nitrogen and oxygen atoms in total. The van der Waals surface area contributed by atoms with Crippen LogP contribution >= 0.6 is 15.9 Å². The number of hydrogen-bond donors (Lipinski definition) is 0. The van der Waals surface area contributed by atoms with Gasteiger partial charge in [-0.2, -0.15) is 0 Å². The molecule has 1 aliphatic rings. The number of carbonyl (C=O) groups is 1. The van der Waals surface area contributed by atoms with Crippen LogP contribution in [0, 0.1) is 0 Å². The second kappa shape index (κ2) is 6.67. The van der Waals surface area contributed by atoms with Crippen molar-refractivity contribution in [2.75, 3.05) is 11.4 Å². The van der Waals surface area contributed by atoms with Crippen LogP contribution in [0.3, 0.4) is 0 Å². The Labute approximate surface area is 175 Å². The van der Waals surface area contributed by atoms with Gasteiger partial charge in [-0.3, -0.25) is 19.1 Å². The fourth-order valence-corrected chi connectivity index (χ4v) is 4.35. The second-order valence-electron chi connectivity index (χ2n) is 6.99. The van der Waals surface area contributed by atoms with Crippen molar-refractivity contribution < 1.29 is 4.79 Å². The molecule has 5 rings (SSSR count). The SMILES string of the molecule is C=CC(=O)N1CCc2ccc(-n3c(=O)ccc4cnc5ccc(Br)cc5c43)cc21. The Kier molecular flexibility index (Phi) is 4.10. The van der Waals surface area contributed by atoms with E-state index in [0.717, 1.165) is 49.6 Å². The van der Waals surface area contributed by atoms with Gasteiger partial charge in [0, 0.05) is 39.7 Å². The highest BCUT2D eigenvalue weighted by Crippen LogP contribution is 2.32. The minimum atomic E-state index is -0.135. The molecular weight excluding hydrogens is 430 g/mol. The van der Waals surface area contributed by atoms with E-state index in [1.54, 1.807) is 27.8 Å². The van der Waals surface area contributed by atoms with Gasteiger partial charge in [0.05, 0.1) is 16.7 Å². The normalized spacial score (nSPS) is 13.1. The largest absolute Gasteiger partial charge is 0.308 e.